The van der Waals surface area contributed by atoms with Crippen LogP contribution < -0.4 is 0 Å². The van der Waals surface area contributed by atoms with E-state index in [4.69, 9.17) is 0 Å². The summed E-state index contributed by atoms with van der Waals surface area (Å²) in [4.78, 5) is 11.8. The number of benzene rings is 2. The molecular weight excluding hydrogens is 356 g/mol. The second kappa shape index (κ2) is 7.87. The second-order valence-electron chi connectivity index (χ2n) is 5.45. The van der Waals surface area contributed by atoms with Gasteiger partial charge in [-0.15, -0.1) is 0 Å². The Balaban J connectivity index is 2.10. The monoisotopic (exact) mass is 372 g/mol. The fourth-order valence-electron chi connectivity index (χ4n) is 2.05. The van der Waals surface area contributed by atoms with E-state index >= 15 is 0 Å². The number of aliphatic hydroxyl groups is 1. The van der Waals surface area contributed by atoms with Crippen molar-refractivity contribution in [1.29, 1.82) is 0 Å². The predicted molar refractivity (Wildman–Crippen MR) is 96.7 cm³/mol. The van der Waals surface area contributed by atoms with Crippen molar-refractivity contribution in [2.24, 2.45) is 0 Å². The van der Waals surface area contributed by atoms with Crippen LogP contribution >= 0.6 is 0 Å². The summed E-state index contributed by atoms with van der Waals surface area (Å²) in [7, 11) is 0. The molecule has 2 aromatic carbocycles. The van der Waals surface area contributed by atoms with Crippen molar-refractivity contribution in [1.82, 2.24) is 0 Å². The molecule has 2 aromatic rings. The van der Waals surface area contributed by atoms with Crippen molar-refractivity contribution in [3.8, 4) is 34.5 Å². The van der Waals surface area contributed by atoms with Crippen LogP contribution in [0.3, 0.4) is 0 Å². The van der Waals surface area contributed by atoms with Crippen LogP contribution in [0.2, 0.25) is 0 Å². The minimum Gasteiger partial charge on any atom is -0.508 e. The van der Waals surface area contributed by atoms with Crippen LogP contribution in [0.4, 0.5) is 0 Å². The van der Waals surface area contributed by atoms with E-state index in [0.717, 1.165) is 42.5 Å². The molecule has 0 spiro atoms. The summed E-state index contributed by atoms with van der Waals surface area (Å²) in [5.41, 5.74) is 0.510. The lowest BCUT2D eigenvalue weighted by Gasteiger charge is -2.02. The fourth-order valence-corrected chi connectivity index (χ4v) is 2.05. The summed E-state index contributed by atoms with van der Waals surface area (Å²) in [5.74, 6) is -4.57. The van der Waals surface area contributed by atoms with Crippen LogP contribution in [0.15, 0.2) is 48.3 Å². The van der Waals surface area contributed by atoms with E-state index in [1.54, 1.807) is 0 Å². The number of allylic oxidation sites excluding steroid dienone is 3. The smallest absolute Gasteiger partial charge is 0.200 e. The first-order valence-electron chi connectivity index (χ1n) is 7.48. The number of hydrogen-bond donors (Lipinski definition) is 7. The zero-order chi connectivity index (χ0) is 20.1. The van der Waals surface area contributed by atoms with Gasteiger partial charge in [0.1, 0.15) is 5.76 Å². The van der Waals surface area contributed by atoms with Gasteiger partial charge in [-0.2, -0.15) is 0 Å². The van der Waals surface area contributed by atoms with Gasteiger partial charge in [0.25, 0.3) is 0 Å². The lowest BCUT2D eigenvalue weighted by atomic mass is 10.1. The van der Waals surface area contributed by atoms with E-state index in [2.05, 4.69) is 0 Å². The van der Waals surface area contributed by atoms with Gasteiger partial charge in [0.15, 0.2) is 40.3 Å². The summed E-state index contributed by atoms with van der Waals surface area (Å²) in [6, 6.07) is 4.55. The first kappa shape index (κ1) is 19.3. The Morgan fingerprint density at radius 3 is 1.44 bits per heavy atom. The maximum absolute atomic E-state index is 11.8. The molecule has 0 bridgehead atoms. The summed E-state index contributed by atoms with van der Waals surface area (Å²) < 4.78 is 0. The van der Waals surface area contributed by atoms with E-state index in [9.17, 15) is 40.5 Å². The molecule has 8 nitrogen and oxygen atoms in total. The van der Waals surface area contributed by atoms with Crippen molar-refractivity contribution >= 4 is 17.9 Å². The topological polar surface area (TPSA) is 159 Å². The minimum absolute atomic E-state index is 0.245. The number of ketones is 1. The lowest BCUT2D eigenvalue weighted by molar-refractivity contribution is -0.110. The SMILES string of the molecule is O=C(/C=C(O)/C=C/c1cc(O)c(O)c(O)c1)/C=C/c1cc(O)c(O)c(O)c1. The molecule has 0 saturated heterocycles. The van der Waals surface area contributed by atoms with Crippen LogP contribution in [0.1, 0.15) is 11.1 Å². The third-order valence-electron chi connectivity index (χ3n) is 3.36. The summed E-state index contributed by atoms with van der Waals surface area (Å²) >= 11 is 0. The second-order valence-corrected chi connectivity index (χ2v) is 5.45. The van der Waals surface area contributed by atoms with E-state index in [-0.39, 0.29) is 11.1 Å². The number of phenolic OH excluding ortho intramolecular Hbond substituents is 6. The van der Waals surface area contributed by atoms with Crippen LogP contribution in [-0.4, -0.2) is 41.5 Å². The quantitative estimate of drug-likeness (QED) is 0.183. The van der Waals surface area contributed by atoms with Crippen LogP contribution in [-0.2, 0) is 4.79 Å². The molecule has 0 aliphatic heterocycles. The Kier molecular flexibility index (Phi) is 5.62. The van der Waals surface area contributed by atoms with Gasteiger partial charge in [-0.05, 0) is 47.5 Å². The summed E-state index contributed by atoms with van der Waals surface area (Å²) in [6.45, 7) is 0. The molecule has 7 N–H and O–H groups in total. The first-order valence-corrected chi connectivity index (χ1v) is 7.48. The van der Waals surface area contributed by atoms with Crippen LogP contribution in [0, 0.1) is 0 Å². The molecule has 0 radical (unpaired) electrons. The number of phenols is 6. The summed E-state index contributed by atoms with van der Waals surface area (Å²) in [6.07, 6.45) is 5.62. The molecule has 0 aliphatic rings. The highest BCUT2D eigenvalue weighted by molar-refractivity contribution is 6.02. The van der Waals surface area contributed by atoms with Gasteiger partial charge < -0.3 is 35.7 Å². The first-order chi connectivity index (χ1) is 12.7. The largest absolute Gasteiger partial charge is 0.508 e. The molecule has 27 heavy (non-hydrogen) atoms. The summed E-state index contributed by atoms with van der Waals surface area (Å²) in [5, 5.41) is 65.8. The number of carbonyl (C=O) groups excluding carboxylic acids is 1. The van der Waals surface area contributed by atoms with Crippen molar-refractivity contribution in [2.75, 3.05) is 0 Å². The zero-order valence-corrected chi connectivity index (χ0v) is 13.7. The molecule has 0 heterocycles. The molecule has 0 aromatic heterocycles. The Hall–Kier alpha value is -4.07. The standard InChI is InChI=1S/C19H16O8/c20-12(3-1-10-5-14(22)18(26)15(23)6-10)9-13(21)4-2-11-7-16(24)19(27)17(25)8-11/h1-9,20,22-27H/b3-1+,4-2+,12-9-. The lowest BCUT2D eigenvalue weighted by Crippen LogP contribution is -1.88. The maximum Gasteiger partial charge on any atom is 0.200 e. The highest BCUT2D eigenvalue weighted by atomic mass is 16.3. The van der Waals surface area contributed by atoms with Gasteiger partial charge in [-0.25, -0.2) is 0 Å². The van der Waals surface area contributed by atoms with Crippen molar-refractivity contribution < 1.29 is 40.5 Å². The molecule has 0 fully saturated rings. The van der Waals surface area contributed by atoms with E-state index < -0.39 is 46.0 Å². The van der Waals surface area contributed by atoms with Crippen molar-refractivity contribution in [2.45, 2.75) is 0 Å². The number of carbonyl (C=O) groups is 1. The molecule has 140 valence electrons. The Morgan fingerprint density at radius 1 is 0.667 bits per heavy atom. The highest BCUT2D eigenvalue weighted by Gasteiger charge is 2.07. The minimum atomic E-state index is -0.674. The van der Waals surface area contributed by atoms with Gasteiger partial charge >= 0.3 is 0 Å². The molecule has 0 amide bonds. The van der Waals surface area contributed by atoms with Crippen LogP contribution in [0.5, 0.6) is 34.5 Å². The number of hydrogen-bond acceptors (Lipinski definition) is 8. The van der Waals surface area contributed by atoms with Gasteiger partial charge in [-0.1, -0.05) is 12.2 Å². The molecular formula is C19H16O8. The highest BCUT2D eigenvalue weighted by Crippen LogP contribution is 2.36. The number of aromatic hydroxyl groups is 6. The van der Waals surface area contributed by atoms with Gasteiger partial charge in [0.05, 0.1) is 0 Å². The number of rotatable bonds is 5. The molecule has 0 unspecified atom stereocenters. The third kappa shape index (κ3) is 4.95. The molecule has 8 heteroatoms. The van der Waals surface area contributed by atoms with Gasteiger partial charge in [-0.3, -0.25) is 4.79 Å². The average Bonchev–Trinajstić information content (AvgIpc) is 2.60. The molecule has 0 aliphatic carbocycles. The molecule has 0 atom stereocenters. The van der Waals surface area contributed by atoms with E-state index in [0.29, 0.717) is 0 Å². The zero-order valence-electron chi connectivity index (χ0n) is 13.7. The van der Waals surface area contributed by atoms with Crippen LogP contribution in [0.25, 0.3) is 12.2 Å². The Labute approximate surface area is 153 Å². The molecule has 2 rings (SSSR count). The average molecular weight is 372 g/mol. The molecule has 0 saturated carbocycles. The van der Waals surface area contributed by atoms with Gasteiger partial charge in [0, 0.05) is 6.08 Å². The normalized spacial score (nSPS) is 12.1. The number of aliphatic hydroxyl groups excluding tert-OH is 1. The van der Waals surface area contributed by atoms with E-state index in [1.165, 1.54) is 12.2 Å². The Bertz CT molecular complexity index is 924. The van der Waals surface area contributed by atoms with Gasteiger partial charge in [0.2, 0.25) is 0 Å². The van der Waals surface area contributed by atoms with E-state index in [1.807, 2.05) is 0 Å². The van der Waals surface area contributed by atoms with Crippen molar-refractivity contribution in [3.05, 3.63) is 59.4 Å². The fraction of sp³-hybridized carbons (Fsp3) is 0. The van der Waals surface area contributed by atoms with Crippen molar-refractivity contribution in [3.63, 3.8) is 0 Å². The Morgan fingerprint density at radius 2 is 1.04 bits per heavy atom. The maximum atomic E-state index is 11.8. The third-order valence-corrected chi connectivity index (χ3v) is 3.36. The predicted octanol–water partition coefficient (Wildman–Crippen LogP) is 2.66.